The molecule has 90 valence electrons. The Bertz CT molecular complexity index is 510. The van der Waals surface area contributed by atoms with E-state index in [9.17, 15) is 0 Å². The van der Waals surface area contributed by atoms with E-state index >= 15 is 0 Å². The van der Waals surface area contributed by atoms with Crippen molar-refractivity contribution in [3.05, 3.63) is 34.6 Å². The predicted molar refractivity (Wildman–Crippen MR) is 67.1 cm³/mol. The third kappa shape index (κ3) is 2.84. The van der Waals surface area contributed by atoms with E-state index in [4.69, 9.17) is 16.1 Å². The van der Waals surface area contributed by atoms with Crippen molar-refractivity contribution in [2.45, 2.75) is 13.3 Å². The SMILES string of the molecule is CNCCc1noc(-c2ccc(Cl)c(C)c2)n1. The van der Waals surface area contributed by atoms with Gasteiger partial charge in [-0.1, -0.05) is 16.8 Å². The third-order valence-corrected chi connectivity index (χ3v) is 2.90. The fourth-order valence-electron chi connectivity index (χ4n) is 1.49. The van der Waals surface area contributed by atoms with Gasteiger partial charge in [0, 0.05) is 23.6 Å². The van der Waals surface area contributed by atoms with E-state index in [-0.39, 0.29) is 0 Å². The Morgan fingerprint density at radius 2 is 2.24 bits per heavy atom. The molecule has 0 aliphatic heterocycles. The molecule has 0 atom stereocenters. The van der Waals surface area contributed by atoms with Gasteiger partial charge >= 0.3 is 0 Å². The number of hydrogen-bond donors (Lipinski definition) is 1. The summed E-state index contributed by atoms with van der Waals surface area (Å²) in [5.41, 5.74) is 1.90. The van der Waals surface area contributed by atoms with E-state index in [0.717, 1.165) is 29.1 Å². The lowest BCUT2D eigenvalue weighted by atomic mass is 10.1. The van der Waals surface area contributed by atoms with Crippen molar-refractivity contribution in [1.82, 2.24) is 15.5 Å². The molecule has 0 amide bonds. The van der Waals surface area contributed by atoms with E-state index in [2.05, 4.69) is 15.5 Å². The molecule has 1 heterocycles. The Morgan fingerprint density at radius 3 is 2.94 bits per heavy atom. The van der Waals surface area contributed by atoms with Crippen molar-refractivity contribution in [2.24, 2.45) is 0 Å². The number of nitrogens with zero attached hydrogens (tertiary/aromatic N) is 2. The second-order valence-corrected chi connectivity index (χ2v) is 4.24. The second kappa shape index (κ2) is 5.29. The quantitative estimate of drug-likeness (QED) is 0.907. The summed E-state index contributed by atoms with van der Waals surface area (Å²) in [6, 6.07) is 5.66. The summed E-state index contributed by atoms with van der Waals surface area (Å²) in [7, 11) is 1.89. The molecule has 5 heteroatoms. The lowest BCUT2D eigenvalue weighted by molar-refractivity contribution is 0.422. The van der Waals surface area contributed by atoms with Crippen LogP contribution in [0.3, 0.4) is 0 Å². The van der Waals surface area contributed by atoms with Crippen LogP contribution in [-0.2, 0) is 6.42 Å². The maximum absolute atomic E-state index is 5.97. The number of hydrogen-bond acceptors (Lipinski definition) is 4. The number of benzene rings is 1. The highest BCUT2D eigenvalue weighted by Gasteiger charge is 2.09. The summed E-state index contributed by atoms with van der Waals surface area (Å²) in [5.74, 6) is 1.25. The molecule has 0 saturated carbocycles. The predicted octanol–water partition coefficient (Wildman–Crippen LogP) is 2.46. The lowest BCUT2D eigenvalue weighted by Gasteiger charge is -1.98. The highest BCUT2D eigenvalue weighted by Crippen LogP contribution is 2.23. The van der Waals surface area contributed by atoms with Crippen molar-refractivity contribution in [3.63, 3.8) is 0 Å². The van der Waals surface area contributed by atoms with Gasteiger partial charge in [0.05, 0.1) is 0 Å². The molecule has 0 spiro atoms. The number of aromatic nitrogens is 2. The molecule has 0 aliphatic rings. The minimum absolute atomic E-state index is 0.538. The van der Waals surface area contributed by atoms with Gasteiger partial charge in [0.15, 0.2) is 5.82 Å². The first-order valence-corrected chi connectivity index (χ1v) is 5.82. The Morgan fingerprint density at radius 1 is 1.41 bits per heavy atom. The van der Waals surface area contributed by atoms with E-state index in [0.29, 0.717) is 11.7 Å². The maximum Gasteiger partial charge on any atom is 0.257 e. The normalized spacial score (nSPS) is 10.8. The van der Waals surface area contributed by atoms with Crippen LogP contribution in [0, 0.1) is 6.92 Å². The molecule has 0 bridgehead atoms. The first kappa shape index (κ1) is 12.1. The van der Waals surface area contributed by atoms with Crippen LogP contribution in [0.2, 0.25) is 5.02 Å². The Balaban J connectivity index is 2.21. The van der Waals surface area contributed by atoms with Gasteiger partial charge in [0.25, 0.3) is 5.89 Å². The molecule has 1 N–H and O–H groups in total. The first-order chi connectivity index (χ1) is 8.20. The number of likely N-dealkylation sites (N-methyl/N-ethyl adjacent to an activating group) is 1. The molecule has 2 aromatic rings. The molecular weight excluding hydrogens is 238 g/mol. The van der Waals surface area contributed by atoms with Gasteiger partial charge in [-0.3, -0.25) is 0 Å². The summed E-state index contributed by atoms with van der Waals surface area (Å²) in [6.45, 7) is 2.78. The van der Waals surface area contributed by atoms with E-state index in [1.54, 1.807) is 0 Å². The minimum atomic E-state index is 0.538. The molecule has 4 nitrogen and oxygen atoms in total. The first-order valence-electron chi connectivity index (χ1n) is 5.44. The molecule has 17 heavy (non-hydrogen) atoms. The van der Waals surface area contributed by atoms with Crippen LogP contribution in [0.15, 0.2) is 22.7 Å². The zero-order chi connectivity index (χ0) is 12.3. The van der Waals surface area contributed by atoms with E-state index in [1.165, 1.54) is 0 Å². The van der Waals surface area contributed by atoms with E-state index in [1.807, 2.05) is 32.2 Å². The number of aryl methyl sites for hydroxylation is 1. The minimum Gasteiger partial charge on any atom is -0.334 e. The molecule has 0 unspecified atom stereocenters. The summed E-state index contributed by atoms with van der Waals surface area (Å²) < 4.78 is 5.21. The van der Waals surface area contributed by atoms with Gasteiger partial charge in [-0.05, 0) is 37.7 Å². The largest absolute Gasteiger partial charge is 0.334 e. The molecule has 0 aliphatic carbocycles. The second-order valence-electron chi connectivity index (χ2n) is 3.83. The highest BCUT2D eigenvalue weighted by molar-refractivity contribution is 6.31. The van der Waals surface area contributed by atoms with Gasteiger partial charge < -0.3 is 9.84 Å². The fraction of sp³-hybridized carbons (Fsp3) is 0.333. The molecule has 0 radical (unpaired) electrons. The molecule has 0 fully saturated rings. The van der Waals surface area contributed by atoms with Crippen LogP contribution in [0.1, 0.15) is 11.4 Å². The van der Waals surface area contributed by atoms with Gasteiger partial charge in [0.2, 0.25) is 0 Å². The Kier molecular flexibility index (Phi) is 3.76. The van der Waals surface area contributed by atoms with Crippen molar-refractivity contribution in [2.75, 3.05) is 13.6 Å². The summed E-state index contributed by atoms with van der Waals surface area (Å²) in [5, 5.41) is 7.71. The average molecular weight is 252 g/mol. The average Bonchev–Trinajstić information content (AvgIpc) is 2.79. The van der Waals surface area contributed by atoms with Crippen LogP contribution in [-0.4, -0.2) is 23.7 Å². The van der Waals surface area contributed by atoms with Crippen LogP contribution in [0.5, 0.6) is 0 Å². The van der Waals surface area contributed by atoms with Crippen LogP contribution in [0.25, 0.3) is 11.5 Å². The van der Waals surface area contributed by atoms with Gasteiger partial charge in [-0.15, -0.1) is 0 Å². The topological polar surface area (TPSA) is 51.0 Å². The maximum atomic E-state index is 5.97. The zero-order valence-electron chi connectivity index (χ0n) is 9.83. The van der Waals surface area contributed by atoms with Crippen LogP contribution < -0.4 is 5.32 Å². The van der Waals surface area contributed by atoms with E-state index < -0.39 is 0 Å². The van der Waals surface area contributed by atoms with Gasteiger partial charge in [-0.25, -0.2) is 0 Å². The smallest absolute Gasteiger partial charge is 0.257 e. The highest BCUT2D eigenvalue weighted by atomic mass is 35.5. The van der Waals surface area contributed by atoms with Crippen molar-refractivity contribution >= 4 is 11.6 Å². The Labute approximate surface area is 105 Å². The number of nitrogens with one attached hydrogen (secondary N) is 1. The molecular formula is C12H14ClN3O. The fourth-order valence-corrected chi connectivity index (χ4v) is 1.60. The third-order valence-electron chi connectivity index (χ3n) is 2.47. The molecule has 0 saturated heterocycles. The van der Waals surface area contributed by atoms with Crippen molar-refractivity contribution < 1.29 is 4.52 Å². The van der Waals surface area contributed by atoms with Crippen molar-refractivity contribution in [3.8, 4) is 11.5 Å². The lowest BCUT2D eigenvalue weighted by Crippen LogP contribution is -2.10. The number of rotatable bonds is 4. The summed E-state index contributed by atoms with van der Waals surface area (Å²) >= 11 is 5.97. The van der Waals surface area contributed by atoms with Crippen LogP contribution in [0.4, 0.5) is 0 Å². The number of halogens is 1. The van der Waals surface area contributed by atoms with Crippen LogP contribution >= 0.6 is 11.6 Å². The van der Waals surface area contributed by atoms with Gasteiger partial charge in [-0.2, -0.15) is 4.98 Å². The Hall–Kier alpha value is -1.39. The monoisotopic (exact) mass is 251 g/mol. The molecule has 1 aromatic carbocycles. The van der Waals surface area contributed by atoms with Crippen molar-refractivity contribution in [1.29, 1.82) is 0 Å². The van der Waals surface area contributed by atoms with Gasteiger partial charge in [0.1, 0.15) is 0 Å². The zero-order valence-corrected chi connectivity index (χ0v) is 10.6. The standard InChI is InChI=1S/C12H14ClN3O/c1-8-7-9(3-4-10(8)13)12-15-11(16-17-12)5-6-14-2/h3-4,7,14H,5-6H2,1-2H3. The summed E-state index contributed by atoms with van der Waals surface area (Å²) in [6.07, 6.45) is 0.757. The summed E-state index contributed by atoms with van der Waals surface area (Å²) in [4.78, 5) is 4.33. The molecule has 1 aromatic heterocycles. The molecule has 2 rings (SSSR count).